The second-order valence-electron chi connectivity index (χ2n) is 7.22. The summed E-state index contributed by atoms with van der Waals surface area (Å²) in [7, 11) is 0. The Morgan fingerprint density at radius 3 is 2.52 bits per heavy atom. The molecule has 2 heterocycles. The number of rotatable bonds is 2. The van der Waals surface area contributed by atoms with Crippen molar-refractivity contribution >= 4 is 39.3 Å². The SMILES string of the molecule is CC1CCCN(C(=O)C2CCN(C(=O)c3cc(Cl)ccc3Br)CC2)C1. The van der Waals surface area contributed by atoms with Gasteiger partial charge in [-0.15, -0.1) is 0 Å². The Bertz CT molecular complexity index is 659. The summed E-state index contributed by atoms with van der Waals surface area (Å²) in [4.78, 5) is 29.3. The van der Waals surface area contributed by atoms with Crippen LogP contribution in [0.25, 0.3) is 0 Å². The molecule has 0 aromatic heterocycles. The molecule has 2 fully saturated rings. The van der Waals surface area contributed by atoms with Gasteiger partial charge in [0.15, 0.2) is 0 Å². The van der Waals surface area contributed by atoms with Gasteiger partial charge in [-0.1, -0.05) is 18.5 Å². The average Bonchev–Trinajstić information content (AvgIpc) is 2.62. The maximum Gasteiger partial charge on any atom is 0.255 e. The highest BCUT2D eigenvalue weighted by atomic mass is 79.9. The highest BCUT2D eigenvalue weighted by Crippen LogP contribution is 2.27. The molecule has 2 aliphatic rings. The van der Waals surface area contributed by atoms with Gasteiger partial charge in [-0.3, -0.25) is 9.59 Å². The first-order valence-corrected chi connectivity index (χ1v) is 10.2. The van der Waals surface area contributed by atoms with E-state index in [-0.39, 0.29) is 17.7 Å². The van der Waals surface area contributed by atoms with E-state index in [0.29, 0.717) is 29.6 Å². The van der Waals surface area contributed by atoms with Crippen molar-refractivity contribution in [3.63, 3.8) is 0 Å². The lowest BCUT2D eigenvalue weighted by molar-refractivity contribution is -0.138. The van der Waals surface area contributed by atoms with Crippen molar-refractivity contribution in [2.75, 3.05) is 26.2 Å². The normalized spacial score (nSPS) is 22.1. The molecule has 1 aromatic rings. The number of hydrogen-bond donors (Lipinski definition) is 0. The molecule has 2 aliphatic heterocycles. The highest BCUT2D eigenvalue weighted by molar-refractivity contribution is 9.10. The Kier molecular flexibility index (Phi) is 6.05. The number of carbonyl (C=O) groups excluding carboxylic acids is 2. The van der Waals surface area contributed by atoms with Crippen LogP contribution in [0.5, 0.6) is 0 Å². The van der Waals surface area contributed by atoms with Gasteiger partial charge < -0.3 is 9.80 Å². The van der Waals surface area contributed by atoms with Gasteiger partial charge in [0.25, 0.3) is 5.91 Å². The quantitative estimate of drug-likeness (QED) is 0.709. The molecule has 136 valence electrons. The van der Waals surface area contributed by atoms with Crippen molar-refractivity contribution in [3.8, 4) is 0 Å². The maximum absolute atomic E-state index is 12.7. The molecule has 1 unspecified atom stereocenters. The summed E-state index contributed by atoms with van der Waals surface area (Å²) in [5.74, 6) is 0.908. The number of piperidine rings is 2. The number of carbonyl (C=O) groups is 2. The summed E-state index contributed by atoms with van der Waals surface area (Å²) in [6.07, 6.45) is 3.81. The van der Waals surface area contributed by atoms with Crippen LogP contribution in [-0.4, -0.2) is 47.8 Å². The fourth-order valence-electron chi connectivity index (χ4n) is 3.81. The third kappa shape index (κ3) is 4.37. The summed E-state index contributed by atoms with van der Waals surface area (Å²) in [5.41, 5.74) is 0.585. The van der Waals surface area contributed by atoms with Crippen LogP contribution in [0, 0.1) is 11.8 Å². The van der Waals surface area contributed by atoms with E-state index in [2.05, 4.69) is 22.9 Å². The van der Waals surface area contributed by atoms with Crippen LogP contribution < -0.4 is 0 Å². The minimum atomic E-state index is -0.0214. The largest absolute Gasteiger partial charge is 0.342 e. The zero-order valence-electron chi connectivity index (χ0n) is 14.5. The monoisotopic (exact) mass is 426 g/mol. The van der Waals surface area contributed by atoms with Crippen molar-refractivity contribution in [3.05, 3.63) is 33.3 Å². The molecule has 0 radical (unpaired) electrons. The molecule has 1 aromatic carbocycles. The molecule has 0 saturated carbocycles. The average molecular weight is 428 g/mol. The van der Waals surface area contributed by atoms with Crippen molar-refractivity contribution in [2.24, 2.45) is 11.8 Å². The summed E-state index contributed by atoms with van der Waals surface area (Å²) in [5, 5.41) is 0.552. The van der Waals surface area contributed by atoms with E-state index in [1.54, 1.807) is 18.2 Å². The molecule has 1 atom stereocenters. The number of amides is 2. The first kappa shape index (κ1) is 18.7. The molecule has 2 saturated heterocycles. The van der Waals surface area contributed by atoms with E-state index in [0.717, 1.165) is 36.8 Å². The lowest BCUT2D eigenvalue weighted by Crippen LogP contribution is -2.47. The lowest BCUT2D eigenvalue weighted by Gasteiger charge is -2.37. The first-order valence-electron chi connectivity index (χ1n) is 8.99. The summed E-state index contributed by atoms with van der Waals surface area (Å²) >= 11 is 9.44. The fraction of sp³-hybridized carbons (Fsp3) is 0.579. The third-order valence-electron chi connectivity index (χ3n) is 5.26. The van der Waals surface area contributed by atoms with E-state index in [9.17, 15) is 9.59 Å². The number of halogens is 2. The van der Waals surface area contributed by atoms with E-state index in [1.165, 1.54) is 6.42 Å². The van der Waals surface area contributed by atoms with Gasteiger partial charge in [0.05, 0.1) is 5.56 Å². The van der Waals surface area contributed by atoms with Crippen LogP contribution >= 0.6 is 27.5 Å². The van der Waals surface area contributed by atoms with Crippen molar-refractivity contribution in [1.82, 2.24) is 9.80 Å². The molecule has 0 aliphatic carbocycles. The zero-order valence-corrected chi connectivity index (χ0v) is 16.9. The van der Waals surface area contributed by atoms with Crippen molar-refractivity contribution in [2.45, 2.75) is 32.6 Å². The summed E-state index contributed by atoms with van der Waals surface area (Å²) < 4.78 is 0.752. The fourth-order valence-corrected chi connectivity index (χ4v) is 4.40. The molecule has 4 nitrogen and oxygen atoms in total. The maximum atomic E-state index is 12.7. The second-order valence-corrected chi connectivity index (χ2v) is 8.51. The van der Waals surface area contributed by atoms with E-state index < -0.39 is 0 Å². The van der Waals surface area contributed by atoms with Gasteiger partial charge in [0.1, 0.15) is 0 Å². The molecule has 2 amide bonds. The van der Waals surface area contributed by atoms with Crippen LogP contribution in [0.1, 0.15) is 43.0 Å². The van der Waals surface area contributed by atoms with Crippen molar-refractivity contribution in [1.29, 1.82) is 0 Å². The van der Waals surface area contributed by atoms with Crippen LogP contribution in [0.4, 0.5) is 0 Å². The van der Waals surface area contributed by atoms with E-state index in [4.69, 9.17) is 11.6 Å². The Morgan fingerprint density at radius 1 is 1.12 bits per heavy atom. The third-order valence-corrected chi connectivity index (χ3v) is 6.19. The van der Waals surface area contributed by atoms with Crippen molar-refractivity contribution < 1.29 is 9.59 Å². The summed E-state index contributed by atoms with van der Waals surface area (Å²) in [6, 6.07) is 5.25. The van der Waals surface area contributed by atoms with Gasteiger partial charge in [-0.25, -0.2) is 0 Å². The number of hydrogen-bond acceptors (Lipinski definition) is 2. The highest BCUT2D eigenvalue weighted by Gasteiger charge is 2.32. The number of nitrogens with zero attached hydrogens (tertiary/aromatic N) is 2. The molecule has 0 bridgehead atoms. The molecule has 3 rings (SSSR count). The van der Waals surface area contributed by atoms with E-state index >= 15 is 0 Å². The van der Waals surface area contributed by atoms with Crippen LogP contribution in [0.2, 0.25) is 5.02 Å². The molecule has 0 spiro atoms. The Hall–Kier alpha value is -1.07. The van der Waals surface area contributed by atoms with Gasteiger partial charge >= 0.3 is 0 Å². The molecular weight excluding hydrogens is 404 g/mol. The molecule has 0 N–H and O–H groups in total. The van der Waals surface area contributed by atoms with Gasteiger partial charge in [0.2, 0.25) is 5.91 Å². The number of benzene rings is 1. The first-order chi connectivity index (χ1) is 12.0. The van der Waals surface area contributed by atoms with Gasteiger partial charge in [0, 0.05) is 41.6 Å². The Morgan fingerprint density at radius 2 is 1.84 bits per heavy atom. The van der Waals surface area contributed by atoms with Crippen LogP contribution in [0.15, 0.2) is 22.7 Å². The van der Waals surface area contributed by atoms with E-state index in [1.807, 2.05) is 9.80 Å². The number of likely N-dealkylation sites (tertiary alicyclic amines) is 2. The minimum Gasteiger partial charge on any atom is -0.342 e. The standard InChI is InChI=1S/C19H24BrClN2O2/c1-13-3-2-8-23(12-13)18(24)14-6-9-22(10-7-14)19(25)16-11-15(21)4-5-17(16)20/h4-5,11,13-14H,2-3,6-10,12H2,1H3. The minimum absolute atomic E-state index is 0.0214. The Labute approximate surface area is 162 Å². The lowest BCUT2D eigenvalue weighted by atomic mass is 9.92. The Balaban J connectivity index is 1.59. The topological polar surface area (TPSA) is 40.6 Å². The predicted molar refractivity (Wildman–Crippen MR) is 103 cm³/mol. The van der Waals surface area contributed by atoms with Gasteiger partial charge in [-0.2, -0.15) is 0 Å². The zero-order chi connectivity index (χ0) is 18.0. The molecule has 25 heavy (non-hydrogen) atoms. The second kappa shape index (κ2) is 8.09. The molecule has 6 heteroatoms. The van der Waals surface area contributed by atoms with Gasteiger partial charge in [-0.05, 0) is 65.7 Å². The predicted octanol–water partition coefficient (Wildman–Crippen LogP) is 4.21. The molecular formula is C19H24BrClN2O2. The van der Waals surface area contributed by atoms with Crippen LogP contribution in [-0.2, 0) is 4.79 Å². The smallest absolute Gasteiger partial charge is 0.255 e. The van der Waals surface area contributed by atoms with Crippen LogP contribution in [0.3, 0.4) is 0 Å². The summed E-state index contributed by atoms with van der Waals surface area (Å²) in [6.45, 7) is 5.23.